The molecule has 0 amide bonds. The average molecular weight is 395 g/mol. The summed E-state index contributed by atoms with van der Waals surface area (Å²) in [7, 11) is 3.30. The molecule has 0 radical (unpaired) electrons. The lowest BCUT2D eigenvalue weighted by Gasteiger charge is -2.36. The van der Waals surface area contributed by atoms with Crippen molar-refractivity contribution in [3.63, 3.8) is 0 Å². The van der Waals surface area contributed by atoms with E-state index in [-0.39, 0.29) is 36.6 Å². The maximum absolute atomic E-state index is 9.90. The van der Waals surface area contributed by atoms with Crippen molar-refractivity contribution in [2.75, 3.05) is 40.4 Å². The van der Waals surface area contributed by atoms with Crippen LogP contribution in [0.1, 0.15) is 44.2 Å². The SMILES string of the molecule is CCCCC[C@@H](c1c(OC)cc(O)cc1OC)N1CCNCC1.Cl.Cl. The quantitative estimate of drug-likeness (QED) is 0.657. The predicted octanol–water partition coefficient (Wildman–Crippen LogP) is 3.78. The van der Waals surface area contributed by atoms with Crippen LogP contribution in [0, 0.1) is 0 Å². The molecule has 1 heterocycles. The van der Waals surface area contributed by atoms with Crippen LogP contribution in [-0.2, 0) is 0 Å². The smallest absolute Gasteiger partial charge is 0.131 e. The molecule has 0 unspecified atom stereocenters. The lowest BCUT2D eigenvalue weighted by Crippen LogP contribution is -2.45. The van der Waals surface area contributed by atoms with Gasteiger partial charge in [0, 0.05) is 44.4 Å². The third-order valence-corrected chi connectivity index (χ3v) is 4.54. The Bertz CT molecular complexity index is 472. The Labute approximate surface area is 163 Å². The Balaban J connectivity index is 0.00000288. The van der Waals surface area contributed by atoms with Gasteiger partial charge in [-0.25, -0.2) is 0 Å². The molecule has 1 atom stereocenters. The number of benzene rings is 1. The van der Waals surface area contributed by atoms with Crippen LogP contribution in [0.5, 0.6) is 17.2 Å². The van der Waals surface area contributed by atoms with E-state index in [1.165, 1.54) is 19.3 Å². The standard InChI is InChI=1S/C18H30N2O3.2ClH/c1-4-5-6-7-15(20-10-8-19-9-11-20)18-16(22-2)12-14(21)13-17(18)23-3;;/h12-13,15,19,21H,4-11H2,1-3H3;2*1H/t15-;;/m0../s1. The third kappa shape index (κ3) is 6.41. The van der Waals surface area contributed by atoms with Gasteiger partial charge in [0.25, 0.3) is 0 Å². The Kier molecular flexibility index (Phi) is 12.0. The van der Waals surface area contributed by atoms with Gasteiger partial charge in [0.2, 0.25) is 0 Å². The molecule has 1 aliphatic rings. The van der Waals surface area contributed by atoms with Crippen LogP contribution < -0.4 is 14.8 Å². The van der Waals surface area contributed by atoms with Crippen molar-refractivity contribution >= 4 is 24.8 Å². The van der Waals surface area contributed by atoms with E-state index < -0.39 is 0 Å². The summed E-state index contributed by atoms with van der Waals surface area (Å²) in [6.07, 6.45) is 4.69. The van der Waals surface area contributed by atoms with Crippen molar-refractivity contribution in [1.29, 1.82) is 0 Å². The molecule has 1 fully saturated rings. The van der Waals surface area contributed by atoms with Gasteiger partial charge in [-0.2, -0.15) is 0 Å². The molecule has 2 rings (SSSR count). The number of rotatable bonds is 8. The number of unbranched alkanes of at least 4 members (excludes halogenated alkanes) is 2. The number of hydrogen-bond donors (Lipinski definition) is 2. The summed E-state index contributed by atoms with van der Waals surface area (Å²) in [6, 6.07) is 3.63. The molecule has 1 aliphatic heterocycles. The van der Waals surface area contributed by atoms with E-state index in [1.54, 1.807) is 26.4 Å². The van der Waals surface area contributed by atoms with E-state index in [0.717, 1.165) is 38.2 Å². The Morgan fingerprint density at radius 3 is 2.12 bits per heavy atom. The van der Waals surface area contributed by atoms with Gasteiger partial charge in [0.05, 0.1) is 19.8 Å². The molecule has 2 N–H and O–H groups in total. The normalized spacial score (nSPS) is 15.6. The molecule has 0 aromatic heterocycles. The highest BCUT2D eigenvalue weighted by atomic mass is 35.5. The van der Waals surface area contributed by atoms with Crippen molar-refractivity contribution in [2.24, 2.45) is 0 Å². The van der Waals surface area contributed by atoms with Gasteiger partial charge in [-0.05, 0) is 6.42 Å². The first-order valence-corrected chi connectivity index (χ1v) is 8.60. The number of aromatic hydroxyl groups is 1. The fourth-order valence-electron chi connectivity index (χ4n) is 3.34. The zero-order valence-corrected chi connectivity index (χ0v) is 17.0. The number of nitrogens with one attached hydrogen (secondary N) is 1. The summed E-state index contributed by atoms with van der Waals surface area (Å²) in [5, 5.41) is 13.3. The number of hydrogen-bond acceptors (Lipinski definition) is 5. The van der Waals surface area contributed by atoms with Crippen molar-refractivity contribution in [1.82, 2.24) is 10.2 Å². The van der Waals surface area contributed by atoms with Gasteiger partial charge in [0.1, 0.15) is 17.2 Å². The predicted molar refractivity (Wildman–Crippen MR) is 107 cm³/mol. The van der Waals surface area contributed by atoms with E-state index in [0.29, 0.717) is 11.5 Å². The molecule has 5 nitrogen and oxygen atoms in total. The Morgan fingerprint density at radius 1 is 1.08 bits per heavy atom. The number of nitrogens with zero attached hydrogens (tertiary/aromatic N) is 1. The number of methoxy groups -OCH3 is 2. The second-order valence-electron chi connectivity index (χ2n) is 6.06. The number of piperazine rings is 1. The lowest BCUT2D eigenvalue weighted by molar-refractivity contribution is 0.157. The zero-order chi connectivity index (χ0) is 16.7. The van der Waals surface area contributed by atoms with E-state index >= 15 is 0 Å². The molecule has 25 heavy (non-hydrogen) atoms. The van der Waals surface area contributed by atoms with Crippen LogP contribution in [0.15, 0.2) is 12.1 Å². The summed E-state index contributed by atoms with van der Waals surface area (Å²) in [4.78, 5) is 2.50. The minimum Gasteiger partial charge on any atom is -0.508 e. The largest absolute Gasteiger partial charge is 0.508 e. The molecule has 0 spiro atoms. The van der Waals surface area contributed by atoms with Crippen molar-refractivity contribution in [3.8, 4) is 17.2 Å². The highest BCUT2D eigenvalue weighted by molar-refractivity contribution is 5.85. The number of phenolic OH excluding ortho intramolecular Hbond substituents is 1. The maximum atomic E-state index is 9.90. The topological polar surface area (TPSA) is 54.0 Å². The molecule has 1 aromatic carbocycles. The van der Waals surface area contributed by atoms with Crippen LogP contribution in [0.2, 0.25) is 0 Å². The van der Waals surface area contributed by atoms with Crippen molar-refractivity contribution in [3.05, 3.63) is 17.7 Å². The van der Waals surface area contributed by atoms with Gasteiger partial charge < -0.3 is 19.9 Å². The molecule has 0 bridgehead atoms. The van der Waals surface area contributed by atoms with Crippen LogP contribution in [0.3, 0.4) is 0 Å². The highest BCUT2D eigenvalue weighted by Gasteiger charge is 2.28. The van der Waals surface area contributed by atoms with Crippen LogP contribution in [0.4, 0.5) is 0 Å². The molecule has 0 saturated carbocycles. The molecule has 7 heteroatoms. The Morgan fingerprint density at radius 2 is 1.64 bits per heavy atom. The molecule has 0 aliphatic carbocycles. The van der Waals surface area contributed by atoms with Gasteiger partial charge >= 0.3 is 0 Å². The molecule has 146 valence electrons. The van der Waals surface area contributed by atoms with Gasteiger partial charge in [0.15, 0.2) is 0 Å². The summed E-state index contributed by atoms with van der Waals surface area (Å²) in [5.41, 5.74) is 1.06. The summed E-state index contributed by atoms with van der Waals surface area (Å²) >= 11 is 0. The van der Waals surface area contributed by atoms with Gasteiger partial charge in [-0.3, -0.25) is 4.90 Å². The summed E-state index contributed by atoms with van der Waals surface area (Å²) in [5.74, 6) is 1.60. The zero-order valence-electron chi connectivity index (χ0n) is 15.4. The average Bonchev–Trinajstić information content (AvgIpc) is 2.59. The number of phenols is 1. The van der Waals surface area contributed by atoms with Gasteiger partial charge in [-0.1, -0.05) is 26.2 Å². The van der Waals surface area contributed by atoms with E-state index in [1.807, 2.05) is 0 Å². The number of ether oxygens (including phenoxy) is 2. The fourth-order valence-corrected chi connectivity index (χ4v) is 3.34. The fraction of sp³-hybridized carbons (Fsp3) is 0.667. The molecular formula is C18H32Cl2N2O3. The van der Waals surface area contributed by atoms with E-state index in [4.69, 9.17) is 9.47 Å². The Hall–Kier alpha value is -0.880. The maximum Gasteiger partial charge on any atom is 0.131 e. The second kappa shape index (κ2) is 12.5. The van der Waals surface area contributed by atoms with Crippen LogP contribution in [0.25, 0.3) is 0 Å². The molecular weight excluding hydrogens is 363 g/mol. The monoisotopic (exact) mass is 394 g/mol. The summed E-state index contributed by atoms with van der Waals surface area (Å²) in [6.45, 7) is 6.27. The highest BCUT2D eigenvalue weighted by Crippen LogP contribution is 2.42. The second-order valence-corrected chi connectivity index (χ2v) is 6.06. The van der Waals surface area contributed by atoms with Crippen LogP contribution in [-0.4, -0.2) is 50.4 Å². The first kappa shape index (κ1) is 24.1. The molecule has 1 saturated heterocycles. The first-order valence-electron chi connectivity index (χ1n) is 8.60. The van der Waals surface area contributed by atoms with Crippen LogP contribution >= 0.6 is 24.8 Å². The minimum absolute atomic E-state index is 0. The van der Waals surface area contributed by atoms with Crippen molar-refractivity contribution in [2.45, 2.75) is 38.6 Å². The molecule has 1 aromatic rings. The lowest BCUT2D eigenvalue weighted by atomic mass is 9.96. The first-order chi connectivity index (χ1) is 11.2. The van der Waals surface area contributed by atoms with E-state index in [9.17, 15) is 5.11 Å². The van der Waals surface area contributed by atoms with Gasteiger partial charge in [-0.15, -0.1) is 24.8 Å². The number of halogens is 2. The summed E-state index contributed by atoms with van der Waals surface area (Å²) < 4.78 is 11.1. The van der Waals surface area contributed by atoms with Crippen molar-refractivity contribution < 1.29 is 14.6 Å². The third-order valence-electron chi connectivity index (χ3n) is 4.54. The van der Waals surface area contributed by atoms with E-state index in [2.05, 4.69) is 17.1 Å². The minimum atomic E-state index is 0.